The van der Waals surface area contributed by atoms with Gasteiger partial charge < -0.3 is 4.90 Å². The number of amides is 1. The van der Waals surface area contributed by atoms with Crippen LogP contribution in [0.5, 0.6) is 0 Å². The molecule has 1 aromatic heterocycles. The van der Waals surface area contributed by atoms with Gasteiger partial charge in [-0.2, -0.15) is 4.31 Å². The third kappa shape index (κ3) is 6.21. The van der Waals surface area contributed by atoms with Crippen LogP contribution in [0.1, 0.15) is 50.2 Å². The molecule has 42 heavy (non-hydrogen) atoms. The average Bonchev–Trinajstić information content (AvgIpc) is 3.45. The molecule has 0 bridgehead atoms. The first kappa shape index (κ1) is 31.2. The first-order chi connectivity index (χ1) is 19.8. The summed E-state index contributed by atoms with van der Waals surface area (Å²) < 4.78 is 29.6. The van der Waals surface area contributed by atoms with Gasteiger partial charge in [-0.25, -0.2) is 13.1 Å². The fourth-order valence-electron chi connectivity index (χ4n) is 5.88. The summed E-state index contributed by atoms with van der Waals surface area (Å²) >= 11 is 18.6. The van der Waals surface area contributed by atoms with Crippen LogP contribution in [0.2, 0.25) is 15.1 Å². The highest BCUT2D eigenvalue weighted by atomic mass is 35.5. The number of piperidine rings is 1. The van der Waals surface area contributed by atoms with E-state index in [1.165, 1.54) is 0 Å². The van der Waals surface area contributed by atoms with Crippen LogP contribution in [-0.2, 0) is 15.6 Å². The van der Waals surface area contributed by atoms with E-state index in [-0.39, 0.29) is 10.8 Å². The first-order valence-corrected chi connectivity index (χ1v) is 16.6. The maximum absolute atomic E-state index is 13.3. The van der Waals surface area contributed by atoms with Crippen molar-refractivity contribution >= 4 is 50.7 Å². The van der Waals surface area contributed by atoms with Gasteiger partial charge >= 0.3 is 0 Å². The van der Waals surface area contributed by atoms with E-state index in [9.17, 15) is 13.2 Å². The number of rotatable bonds is 6. The summed E-state index contributed by atoms with van der Waals surface area (Å²) in [6.45, 7) is 11.7. The van der Waals surface area contributed by atoms with E-state index in [2.05, 4.69) is 42.9 Å². The lowest BCUT2D eigenvalue weighted by atomic mass is 9.94. The Balaban J connectivity index is 1.22. The first-order valence-electron chi connectivity index (χ1n) is 14.0. The van der Waals surface area contributed by atoms with Crippen molar-refractivity contribution in [1.82, 2.24) is 29.1 Å². The monoisotopic (exact) mass is 652 g/mol. The molecule has 0 spiro atoms. The van der Waals surface area contributed by atoms with E-state index in [0.29, 0.717) is 77.4 Å². The molecule has 3 aromatic rings. The molecular weight excluding hydrogens is 619 g/mol. The third-order valence-corrected chi connectivity index (χ3v) is 11.2. The molecule has 2 saturated heterocycles. The van der Waals surface area contributed by atoms with Crippen molar-refractivity contribution in [1.29, 1.82) is 0 Å². The Morgan fingerprint density at radius 1 is 0.905 bits per heavy atom. The van der Waals surface area contributed by atoms with Gasteiger partial charge in [0.25, 0.3) is 5.91 Å². The zero-order valence-corrected chi connectivity index (χ0v) is 27.2. The van der Waals surface area contributed by atoms with E-state index in [4.69, 9.17) is 34.8 Å². The van der Waals surface area contributed by atoms with E-state index < -0.39 is 15.6 Å². The molecule has 3 heterocycles. The van der Waals surface area contributed by atoms with Gasteiger partial charge in [0.15, 0.2) is 0 Å². The number of nitrogens with zero attached hydrogens (tertiary/aromatic N) is 6. The minimum atomic E-state index is -3.60. The Bertz CT molecular complexity index is 1560. The molecular formula is C29H35Cl3N6O3S. The Morgan fingerprint density at radius 2 is 1.50 bits per heavy atom. The summed E-state index contributed by atoms with van der Waals surface area (Å²) in [6.07, 6.45) is 2.85. The Hall–Kier alpha value is -2.21. The van der Waals surface area contributed by atoms with Crippen LogP contribution in [0.3, 0.4) is 0 Å². The van der Waals surface area contributed by atoms with E-state index in [1.54, 1.807) is 50.3 Å². The standard InChI is InChI=1S/C29H35Cl3N6O3S/c1-19-13-20(2)17-37(16-19)42(40,41)22-7-5-21(6-8-22)28(39)35-9-11-36(12-10-35)29(3,4)27-18-38(34-33-27)26-15-24(31)23(30)14-25(26)32/h5-8,14-15,18-20H,9-13,16-17H2,1-4H3. The Labute approximate surface area is 262 Å². The predicted molar refractivity (Wildman–Crippen MR) is 165 cm³/mol. The molecule has 0 radical (unpaired) electrons. The number of sulfonamides is 1. The van der Waals surface area contributed by atoms with Crippen LogP contribution >= 0.6 is 34.8 Å². The van der Waals surface area contributed by atoms with Gasteiger partial charge in [-0.15, -0.1) is 5.10 Å². The van der Waals surface area contributed by atoms with Crippen molar-refractivity contribution in [2.45, 2.75) is 44.6 Å². The zero-order valence-electron chi connectivity index (χ0n) is 24.1. The number of hydrogen-bond donors (Lipinski definition) is 0. The van der Waals surface area contributed by atoms with E-state index in [1.807, 2.05) is 6.20 Å². The van der Waals surface area contributed by atoms with Gasteiger partial charge in [0.1, 0.15) is 5.69 Å². The molecule has 2 atom stereocenters. The molecule has 2 aliphatic rings. The molecule has 2 unspecified atom stereocenters. The highest BCUT2D eigenvalue weighted by Crippen LogP contribution is 2.33. The second kappa shape index (κ2) is 12.1. The lowest BCUT2D eigenvalue weighted by Gasteiger charge is -2.43. The molecule has 226 valence electrons. The molecule has 0 aliphatic carbocycles. The summed E-state index contributed by atoms with van der Waals surface area (Å²) in [7, 11) is -3.60. The van der Waals surface area contributed by atoms with Gasteiger partial charge in [0.05, 0.1) is 37.4 Å². The van der Waals surface area contributed by atoms with Crippen molar-refractivity contribution in [3.63, 3.8) is 0 Å². The quantitative estimate of drug-likeness (QED) is 0.323. The van der Waals surface area contributed by atoms with Gasteiger partial charge in [-0.05, 0) is 68.5 Å². The maximum atomic E-state index is 13.3. The summed E-state index contributed by atoms with van der Waals surface area (Å²) in [5, 5.41) is 9.82. The number of aromatic nitrogens is 3. The van der Waals surface area contributed by atoms with Crippen molar-refractivity contribution in [2.75, 3.05) is 39.3 Å². The SMILES string of the molecule is CC1CC(C)CN(S(=O)(=O)c2ccc(C(=O)N3CCN(C(C)(C)c4cn(-c5cc(Cl)c(Cl)cc5Cl)nn4)CC3)cc2)C1. The molecule has 2 aromatic carbocycles. The summed E-state index contributed by atoms with van der Waals surface area (Å²) in [5.74, 6) is 0.527. The number of benzene rings is 2. The summed E-state index contributed by atoms with van der Waals surface area (Å²) in [4.78, 5) is 17.6. The van der Waals surface area contributed by atoms with Gasteiger partial charge in [0, 0.05) is 44.8 Å². The van der Waals surface area contributed by atoms with Crippen molar-refractivity contribution < 1.29 is 13.2 Å². The van der Waals surface area contributed by atoms with Crippen LogP contribution in [-0.4, -0.2) is 82.7 Å². The smallest absolute Gasteiger partial charge is 0.253 e. The fraction of sp³-hybridized carbons (Fsp3) is 0.483. The maximum Gasteiger partial charge on any atom is 0.253 e. The number of hydrogen-bond acceptors (Lipinski definition) is 6. The molecule has 2 aliphatic heterocycles. The normalized spacial score (nSPS) is 21.1. The number of carbonyl (C=O) groups excluding carboxylic acids is 1. The number of carbonyl (C=O) groups is 1. The third-order valence-electron chi connectivity index (χ3n) is 8.29. The fourth-order valence-corrected chi connectivity index (χ4v) is 8.19. The van der Waals surface area contributed by atoms with Crippen LogP contribution in [0.4, 0.5) is 0 Å². The topological polar surface area (TPSA) is 91.6 Å². The second-order valence-electron chi connectivity index (χ2n) is 11.9. The minimum Gasteiger partial charge on any atom is -0.336 e. The molecule has 9 nitrogen and oxygen atoms in total. The van der Waals surface area contributed by atoms with Gasteiger partial charge in [-0.3, -0.25) is 9.69 Å². The van der Waals surface area contributed by atoms with E-state index in [0.717, 1.165) is 12.1 Å². The lowest BCUT2D eigenvalue weighted by Crippen LogP contribution is -2.54. The number of halogens is 3. The molecule has 5 rings (SSSR count). The molecule has 1 amide bonds. The zero-order chi connectivity index (χ0) is 30.4. The molecule has 0 N–H and O–H groups in total. The highest BCUT2D eigenvalue weighted by molar-refractivity contribution is 7.89. The van der Waals surface area contributed by atoms with Gasteiger partial charge in [0.2, 0.25) is 10.0 Å². The Morgan fingerprint density at radius 3 is 2.12 bits per heavy atom. The average molecular weight is 654 g/mol. The van der Waals surface area contributed by atoms with Gasteiger partial charge in [-0.1, -0.05) is 53.9 Å². The van der Waals surface area contributed by atoms with Crippen molar-refractivity contribution in [3.05, 3.63) is 68.9 Å². The number of piperazine rings is 1. The lowest BCUT2D eigenvalue weighted by molar-refractivity contribution is 0.0378. The molecule has 2 fully saturated rings. The van der Waals surface area contributed by atoms with Crippen LogP contribution < -0.4 is 0 Å². The summed E-state index contributed by atoms with van der Waals surface area (Å²) in [5.41, 5.74) is 1.34. The highest BCUT2D eigenvalue weighted by Gasteiger charge is 2.36. The molecule has 13 heteroatoms. The largest absolute Gasteiger partial charge is 0.336 e. The summed E-state index contributed by atoms with van der Waals surface area (Å²) in [6, 6.07) is 9.57. The van der Waals surface area contributed by atoms with Crippen LogP contribution in [0.15, 0.2) is 47.5 Å². The molecule has 0 saturated carbocycles. The predicted octanol–water partition coefficient (Wildman–Crippen LogP) is 5.59. The van der Waals surface area contributed by atoms with Crippen molar-refractivity contribution in [3.8, 4) is 5.69 Å². The van der Waals surface area contributed by atoms with E-state index >= 15 is 0 Å². The Kier molecular flexibility index (Phi) is 8.96. The van der Waals surface area contributed by atoms with Crippen LogP contribution in [0, 0.1) is 11.8 Å². The second-order valence-corrected chi connectivity index (χ2v) is 15.1. The van der Waals surface area contributed by atoms with Crippen LogP contribution in [0.25, 0.3) is 5.69 Å². The minimum absolute atomic E-state index is 0.114. The van der Waals surface area contributed by atoms with Crippen molar-refractivity contribution in [2.24, 2.45) is 11.8 Å².